The van der Waals surface area contributed by atoms with E-state index in [1.54, 1.807) is 11.3 Å². The van der Waals surface area contributed by atoms with Crippen molar-refractivity contribution in [1.29, 1.82) is 5.26 Å². The van der Waals surface area contributed by atoms with Crippen molar-refractivity contribution in [2.75, 3.05) is 0 Å². The molecular weight excluding hydrogens is 296 g/mol. The van der Waals surface area contributed by atoms with Crippen LogP contribution in [0.2, 0.25) is 0 Å². The van der Waals surface area contributed by atoms with E-state index in [0.29, 0.717) is 11.5 Å². The molecule has 114 valence electrons. The summed E-state index contributed by atoms with van der Waals surface area (Å²) in [6, 6.07) is 4.28. The highest BCUT2D eigenvalue weighted by Crippen LogP contribution is 2.47. The molecule has 0 aliphatic carbocycles. The maximum atomic E-state index is 9.58. The van der Waals surface area contributed by atoms with Crippen molar-refractivity contribution < 1.29 is 4.74 Å². The van der Waals surface area contributed by atoms with Gasteiger partial charge in [0.2, 0.25) is 11.8 Å². The summed E-state index contributed by atoms with van der Waals surface area (Å²) in [7, 11) is 0. The Morgan fingerprint density at radius 2 is 2.18 bits per heavy atom. The molecule has 0 fully saturated rings. The fourth-order valence-electron chi connectivity index (χ4n) is 2.76. The number of thiophene rings is 1. The highest BCUT2D eigenvalue weighted by atomic mass is 32.1. The summed E-state index contributed by atoms with van der Waals surface area (Å²) in [6.07, 6.45) is 0. The molecule has 0 radical (unpaired) electrons. The maximum Gasteiger partial charge on any atom is 0.244 e. The van der Waals surface area contributed by atoms with Gasteiger partial charge in [0.1, 0.15) is 11.6 Å². The van der Waals surface area contributed by atoms with E-state index in [4.69, 9.17) is 10.5 Å². The lowest BCUT2D eigenvalue weighted by Gasteiger charge is -2.27. The zero-order valence-corrected chi connectivity index (χ0v) is 13.8. The molecule has 0 aromatic carbocycles. The molecule has 3 rings (SSSR count). The van der Waals surface area contributed by atoms with Crippen LogP contribution in [-0.4, -0.2) is 10.2 Å². The van der Waals surface area contributed by atoms with Gasteiger partial charge in [-0.2, -0.15) is 5.26 Å². The van der Waals surface area contributed by atoms with Crippen molar-refractivity contribution in [1.82, 2.24) is 10.2 Å². The monoisotopic (exact) mass is 314 g/mol. The molecule has 1 aliphatic heterocycles. The van der Waals surface area contributed by atoms with E-state index in [-0.39, 0.29) is 17.2 Å². The number of hydrogen-bond acceptors (Lipinski definition) is 5. The van der Waals surface area contributed by atoms with Gasteiger partial charge in [-0.3, -0.25) is 5.10 Å². The first-order valence-electron chi connectivity index (χ1n) is 7.05. The quantitative estimate of drug-likeness (QED) is 0.845. The molecule has 0 spiro atoms. The van der Waals surface area contributed by atoms with Crippen LogP contribution in [0.1, 0.15) is 48.4 Å². The second kappa shape index (κ2) is 4.89. The number of aromatic nitrogens is 2. The van der Waals surface area contributed by atoms with Crippen molar-refractivity contribution in [3.05, 3.63) is 44.6 Å². The second-order valence-corrected chi connectivity index (χ2v) is 7.41. The van der Waals surface area contributed by atoms with E-state index in [1.165, 1.54) is 0 Å². The van der Waals surface area contributed by atoms with Crippen LogP contribution in [0.15, 0.2) is 22.9 Å². The lowest BCUT2D eigenvalue weighted by atomic mass is 9.80. The van der Waals surface area contributed by atoms with Gasteiger partial charge in [-0.05, 0) is 23.9 Å². The first-order valence-corrected chi connectivity index (χ1v) is 7.93. The number of aromatic amines is 1. The van der Waals surface area contributed by atoms with Crippen molar-refractivity contribution in [3.63, 3.8) is 0 Å². The van der Waals surface area contributed by atoms with E-state index in [1.807, 2.05) is 12.3 Å². The topological polar surface area (TPSA) is 87.7 Å². The first kappa shape index (κ1) is 14.7. The highest BCUT2D eigenvalue weighted by molar-refractivity contribution is 7.10. The molecule has 3 heterocycles. The fraction of sp³-hybridized carbons (Fsp3) is 0.375. The molecule has 0 saturated heterocycles. The largest absolute Gasteiger partial charge is 0.420 e. The van der Waals surface area contributed by atoms with Gasteiger partial charge in [-0.25, -0.2) is 0 Å². The van der Waals surface area contributed by atoms with Crippen LogP contribution >= 0.6 is 11.3 Å². The van der Waals surface area contributed by atoms with E-state index >= 15 is 0 Å². The van der Waals surface area contributed by atoms with Gasteiger partial charge in [-0.1, -0.05) is 20.8 Å². The average molecular weight is 314 g/mol. The number of H-pyrrole nitrogens is 1. The maximum absolute atomic E-state index is 9.58. The van der Waals surface area contributed by atoms with Crippen LogP contribution in [-0.2, 0) is 5.41 Å². The molecule has 2 aromatic rings. The summed E-state index contributed by atoms with van der Waals surface area (Å²) in [5.74, 6) is 0.390. The summed E-state index contributed by atoms with van der Waals surface area (Å²) in [5.41, 5.74) is 9.30. The second-order valence-electron chi connectivity index (χ2n) is 6.46. The molecule has 5 nitrogen and oxygen atoms in total. The third kappa shape index (κ3) is 2.09. The average Bonchev–Trinajstić information content (AvgIpc) is 3.02. The number of hydrogen-bond donors (Lipinski definition) is 2. The summed E-state index contributed by atoms with van der Waals surface area (Å²) in [6.45, 7) is 8.36. The number of aryl methyl sites for hydroxylation is 1. The molecular formula is C16H18N4OS. The smallest absolute Gasteiger partial charge is 0.244 e. The number of nitriles is 1. The molecule has 3 N–H and O–H groups in total. The third-order valence-electron chi connectivity index (χ3n) is 3.85. The summed E-state index contributed by atoms with van der Waals surface area (Å²) >= 11 is 1.63. The number of rotatable bonds is 1. The molecule has 6 heteroatoms. The molecule has 1 atom stereocenters. The zero-order chi connectivity index (χ0) is 16.1. The minimum Gasteiger partial charge on any atom is -0.420 e. The van der Waals surface area contributed by atoms with Crippen LogP contribution in [0.25, 0.3) is 0 Å². The SMILES string of the molecule is Cc1ccsc1[C@@H]1C(C#N)=C(N)Oc2n[nH]c(C(C)(C)C)c21. The van der Waals surface area contributed by atoms with Gasteiger partial charge < -0.3 is 10.5 Å². The van der Waals surface area contributed by atoms with Crippen LogP contribution in [0.5, 0.6) is 5.88 Å². The Morgan fingerprint density at radius 1 is 1.45 bits per heavy atom. The predicted molar refractivity (Wildman–Crippen MR) is 85.6 cm³/mol. The molecule has 0 saturated carbocycles. The van der Waals surface area contributed by atoms with Crippen molar-refractivity contribution >= 4 is 11.3 Å². The Morgan fingerprint density at radius 3 is 2.73 bits per heavy atom. The molecule has 0 bridgehead atoms. The number of nitrogens with zero attached hydrogens (tertiary/aromatic N) is 2. The van der Waals surface area contributed by atoms with Crippen molar-refractivity contribution in [3.8, 4) is 11.9 Å². The number of allylic oxidation sites excluding steroid dienone is 1. The Bertz CT molecular complexity index is 801. The summed E-state index contributed by atoms with van der Waals surface area (Å²) < 4.78 is 5.58. The van der Waals surface area contributed by atoms with Gasteiger partial charge in [0.05, 0.1) is 11.5 Å². The standard InChI is InChI=1S/C16H18N4OS/c1-8-5-6-22-12(8)10-9(7-17)14(18)21-15-11(10)13(19-20-15)16(2,3)4/h5-6,10H,18H2,1-4H3,(H,19,20)/t10-/m1/s1. The van der Waals surface area contributed by atoms with Gasteiger partial charge >= 0.3 is 0 Å². The van der Waals surface area contributed by atoms with Gasteiger partial charge in [0.15, 0.2) is 0 Å². The number of nitrogens with two attached hydrogens (primary N) is 1. The normalized spacial score (nSPS) is 17.9. The van der Waals surface area contributed by atoms with Crippen molar-refractivity contribution in [2.45, 2.75) is 39.0 Å². The lowest BCUT2D eigenvalue weighted by molar-refractivity contribution is 0.378. The Labute approximate surface area is 133 Å². The van der Waals surface area contributed by atoms with E-state index < -0.39 is 0 Å². The van der Waals surface area contributed by atoms with E-state index in [0.717, 1.165) is 21.7 Å². The van der Waals surface area contributed by atoms with Gasteiger partial charge in [0, 0.05) is 16.0 Å². The third-order valence-corrected chi connectivity index (χ3v) is 4.94. The minimum atomic E-state index is -0.221. The van der Waals surface area contributed by atoms with Crippen LogP contribution in [0.3, 0.4) is 0 Å². The number of fused-ring (bicyclic) bond motifs is 1. The minimum absolute atomic E-state index is 0.139. The van der Waals surface area contributed by atoms with Crippen LogP contribution in [0.4, 0.5) is 0 Å². The van der Waals surface area contributed by atoms with E-state index in [2.05, 4.69) is 43.1 Å². The zero-order valence-electron chi connectivity index (χ0n) is 13.0. The Hall–Kier alpha value is -2.26. The molecule has 0 unspecified atom stereocenters. The number of ether oxygens (including phenoxy) is 1. The van der Waals surface area contributed by atoms with Crippen LogP contribution in [0, 0.1) is 18.3 Å². The first-order chi connectivity index (χ1) is 10.3. The van der Waals surface area contributed by atoms with Gasteiger partial charge in [0.25, 0.3) is 0 Å². The molecule has 2 aromatic heterocycles. The molecule has 22 heavy (non-hydrogen) atoms. The van der Waals surface area contributed by atoms with Gasteiger partial charge in [-0.15, -0.1) is 16.4 Å². The molecule has 1 aliphatic rings. The Kier molecular flexibility index (Phi) is 3.26. The Balaban J connectivity index is 2.30. The lowest BCUT2D eigenvalue weighted by Crippen LogP contribution is -2.23. The van der Waals surface area contributed by atoms with Crippen LogP contribution < -0.4 is 10.5 Å². The summed E-state index contributed by atoms with van der Waals surface area (Å²) in [5, 5.41) is 19.0. The highest BCUT2D eigenvalue weighted by Gasteiger charge is 2.38. The summed E-state index contributed by atoms with van der Waals surface area (Å²) in [4.78, 5) is 1.11. The molecule has 0 amide bonds. The predicted octanol–water partition coefficient (Wildman–Crippen LogP) is 3.30. The van der Waals surface area contributed by atoms with E-state index in [9.17, 15) is 5.26 Å². The number of nitrogens with one attached hydrogen (secondary N) is 1. The fourth-order valence-corrected chi connectivity index (χ4v) is 3.80. The van der Waals surface area contributed by atoms with Crippen molar-refractivity contribution in [2.24, 2.45) is 5.73 Å².